The van der Waals surface area contributed by atoms with Crippen molar-refractivity contribution >= 4 is 11.3 Å². The van der Waals surface area contributed by atoms with Crippen molar-refractivity contribution in [3.05, 3.63) is 16.6 Å². The quantitative estimate of drug-likeness (QED) is 0.869. The zero-order valence-electron chi connectivity index (χ0n) is 10.9. The number of aliphatic hydroxyl groups is 1. The highest BCUT2D eigenvalue weighted by molar-refractivity contribution is 7.09. The lowest BCUT2D eigenvalue weighted by Gasteiger charge is -2.35. The van der Waals surface area contributed by atoms with Crippen LogP contribution >= 0.6 is 11.3 Å². The van der Waals surface area contributed by atoms with Crippen LogP contribution in [0.3, 0.4) is 0 Å². The van der Waals surface area contributed by atoms with Gasteiger partial charge in [0, 0.05) is 17.5 Å². The van der Waals surface area contributed by atoms with Gasteiger partial charge in [-0.25, -0.2) is 0 Å². The lowest BCUT2D eigenvalue weighted by Crippen LogP contribution is -2.35. The molecule has 2 nitrogen and oxygen atoms in total. The number of hydrogen-bond donors (Lipinski definition) is 1. The Kier molecular flexibility index (Phi) is 4.21. The topological polar surface area (TPSA) is 33.1 Å². The molecule has 1 aliphatic carbocycles. The molecule has 0 radical (unpaired) electrons. The molecule has 0 bridgehead atoms. The van der Waals surface area contributed by atoms with Crippen LogP contribution in [0.25, 0.3) is 0 Å². The molecule has 1 atom stereocenters. The summed E-state index contributed by atoms with van der Waals surface area (Å²) in [6.45, 7) is 4.53. The average Bonchev–Trinajstić information content (AvgIpc) is 2.88. The minimum absolute atomic E-state index is 0.179. The van der Waals surface area contributed by atoms with Gasteiger partial charge in [-0.1, -0.05) is 26.7 Å². The Hall–Kier alpha value is -0.410. The molecule has 1 heterocycles. The standard InChI is InChI=1S/C14H23NOS/c1-11(2)8-14(5-3-4-6-14)13(16)7-12-9-15-10-17-12/h9-11,13,16H,3-8H2,1-2H3. The summed E-state index contributed by atoms with van der Waals surface area (Å²) in [6, 6.07) is 0. The third-order valence-corrected chi connectivity index (χ3v) is 4.80. The molecule has 1 aliphatic rings. The summed E-state index contributed by atoms with van der Waals surface area (Å²) in [5.74, 6) is 0.671. The van der Waals surface area contributed by atoms with E-state index in [4.69, 9.17) is 0 Å². The van der Waals surface area contributed by atoms with Crippen molar-refractivity contribution in [1.29, 1.82) is 0 Å². The van der Waals surface area contributed by atoms with E-state index >= 15 is 0 Å². The van der Waals surface area contributed by atoms with E-state index in [1.807, 2.05) is 11.7 Å². The van der Waals surface area contributed by atoms with Crippen molar-refractivity contribution in [1.82, 2.24) is 4.98 Å². The van der Waals surface area contributed by atoms with Crippen LogP contribution in [0.5, 0.6) is 0 Å². The lowest BCUT2D eigenvalue weighted by molar-refractivity contribution is 0.0139. The van der Waals surface area contributed by atoms with Crippen LogP contribution in [0.2, 0.25) is 0 Å². The highest BCUT2D eigenvalue weighted by Gasteiger charge is 2.40. The van der Waals surface area contributed by atoms with Gasteiger partial charge in [0.15, 0.2) is 0 Å². The van der Waals surface area contributed by atoms with E-state index in [0.717, 1.165) is 12.8 Å². The van der Waals surface area contributed by atoms with Crippen molar-refractivity contribution in [2.45, 2.75) is 58.5 Å². The van der Waals surface area contributed by atoms with Gasteiger partial charge in [-0.2, -0.15) is 0 Å². The minimum Gasteiger partial charge on any atom is -0.392 e. The summed E-state index contributed by atoms with van der Waals surface area (Å²) in [4.78, 5) is 5.31. The summed E-state index contributed by atoms with van der Waals surface area (Å²) >= 11 is 1.66. The van der Waals surface area contributed by atoms with Crippen molar-refractivity contribution in [2.24, 2.45) is 11.3 Å². The van der Waals surface area contributed by atoms with E-state index in [1.165, 1.54) is 30.6 Å². The molecule has 0 saturated heterocycles. The number of rotatable bonds is 5. The van der Waals surface area contributed by atoms with Gasteiger partial charge in [0.1, 0.15) is 0 Å². The van der Waals surface area contributed by atoms with Crippen LogP contribution in [-0.2, 0) is 6.42 Å². The van der Waals surface area contributed by atoms with E-state index in [1.54, 1.807) is 11.3 Å². The molecule has 3 heteroatoms. The zero-order chi connectivity index (χ0) is 12.3. The van der Waals surface area contributed by atoms with Gasteiger partial charge >= 0.3 is 0 Å². The first-order valence-corrected chi connectivity index (χ1v) is 7.56. The second kappa shape index (κ2) is 5.49. The first-order chi connectivity index (χ1) is 8.12. The van der Waals surface area contributed by atoms with Crippen LogP contribution in [0.15, 0.2) is 11.7 Å². The molecule has 0 aliphatic heterocycles. The van der Waals surface area contributed by atoms with Crippen LogP contribution in [0, 0.1) is 11.3 Å². The molecule has 1 unspecified atom stereocenters. The largest absolute Gasteiger partial charge is 0.392 e. The van der Waals surface area contributed by atoms with Gasteiger partial charge in [-0.3, -0.25) is 4.98 Å². The van der Waals surface area contributed by atoms with Crippen LogP contribution in [0.4, 0.5) is 0 Å². The second-order valence-electron chi connectivity index (χ2n) is 5.86. The molecule has 0 aromatic carbocycles. The Morgan fingerprint density at radius 1 is 1.41 bits per heavy atom. The molecule has 1 saturated carbocycles. The van der Waals surface area contributed by atoms with Gasteiger partial charge < -0.3 is 5.11 Å². The maximum absolute atomic E-state index is 10.6. The minimum atomic E-state index is -0.187. The fraction of sp³-hybridized carbons (Fsp3) is 0.786. The maximum Gasteiger partial charge on any atom is 0.0794 e. The van der Waals surface area contributed by atoms with Crippen LogP contribution in [-0.4, -0.2) is 16.2 Å². The first-order valence-electron chi connectivity index (χ1n) is 6.68. The predicted molar refractivity (Wildman–Crippen MR) is 72.2 cm³/mol. The molecule has 2 rings (SSSR count). The molecule has 1 fully saturated rings. The number of hydrogen-bond acceptors (Lipinski definition) is 3. The number of thiazole rings is 1. The van der Waals surface area contributed by atoms with E-state index in [9.17, 15) is 5.11 Å². The lowest BCUT2D eigenvalue weighted by atomic mass is 9.73. The van der Waals surface area contributed by atoms with Gasteiger partial charge in [-0.15, -0.1) is 11.3 Å². The smallest absolute Gasteiger partial charge is 0.0794 e. The molecule has 1 aromatic rings. The molecule has 96 valence electrons. The summed E-state index contributed by atoms with van der Waals surface area (Å²) in [7, 11) is 0. The molecular weight excluding hydrogens is 230 g/mol. The van der Waals surface area contributed by atoms with Crippen molar-refractivity contribution in [2.75, 3.05) is 0 Å². The second-order valence-corrected chi connectivity index (χ2v) is 6.83. The van der Waals surface area contributed by atoms with E-state index in [0.29, 0.717) is 5.92 Å². The van der Waals surface area contributed by atoms with Gasteiger partial charge in [0.2, 0.25) is 0 Å². The fourth-order valence-corrected chi connectivity index (χ4v) is 3.95. The third-order valence-electron chi connectivity index (χ3n) is 4.00. The summed E-state index contributed by atoms with van der Waals surface area (Å²) in [5, 5.41) is 10.6. The maximum atomic E-state index is 10.6. The Bertz CT molecular complexity index is 328. The number of aromatic nitrogens is 1. The SMILES string of the molecule is CC(C)CC1(C(O)Cc2cncs2)CCCC1. The highest BCUT2D eigenvalue weighted by Crippen LogP contribution is 2.46. The summed E-state index contributed by atoms with van der Waals surface area (Å²) < 4.78 is 0. The normalized spacial score (nSPS) is 20.9. The first kappa shape index (κ1) is 13.0. The molecule has 17 heavy (non-hydrogen) atoms. The van der Waals surface area contributed by atoms with Crippen molar-refractivity contribution in [3.63, 3.8) is 0 Å². The van der Waals surface area contributed by atoms with Crippen molar-refractivity contribution in [3.8, 4) is 0 Å². The monoisotopic (exact) mass is 253 g/mol. The Morgan fingerprint density at radius 3 is 2.65 bits per heavy atom. The molecule has 1 N–H and O–H groups in total. The van der Waals surface area contributed by atoms with Gasteiger partial charge in [0.25, 0.3) is 0 Å². The predicted octanol–water partition coefficient (Wildman–Crippen LogP) is 3.65. The fourth-order valence-electron chi connectivity index (χ4n) is 3.32. The Labute approximate surface area is 108 Å². The zero-order valence-corrected chi connectivity index (χ0v) is 11.7. The van der Waals surface area contributed by atoms with E-state index in [2.05, 4.69) is 18.8 Å². The third kappa shape index (κ3) is 3.08. The van der Waals surface area contributed by atoms with E-state index in [-0.39, 0.29) is 11.5 Å². The Morgan fingerprint density at radius 2 is 2.12 bits per heavy atom. The highest BCUT2D eigenvalue weighted by atomic mass is 32.1. The average molecular weight is 253 g/mol. The number of nitrogens with zero attached hydrogens (tertiary/aromatic N) is 1. The van der Waals surface area contributed by atoms with E-state index < -0.39 is 0 Å². The molecule has 0 amide bonds. The summed E-state index contributed by atoms with van der Waals surface area (Å²) in [5.41, 5.74) is 2.03. The Balaban J connectivity index is 2.05. The van der Waals surface area contributed by atoms with Gasteiger partial charge in [0.05, 0.1) is 11.6 Å². The molecular formula is C14H23NOS. The van der Waals surface area contributed by atoms with Crippen LogP contribution in [0.1, 0.15) is 50.8 Å². The number of aliphatic hydroxyl groups excluding tert-OH is 1. The van der Waals surface area contributed by atoms with Crippen LogP contribution < -0.4 is 0 Å². The van der Waals surface area contributed by atoms with Gasteiger partial charge in [-0.05, 0) is 30.6 Å². The summed E-state index contributed by atoms with van der Waals surface area (Å²) in [6.07, 6.45) is 8.62. The van der Waals surface area contributed by atoms with Crippen molar-refractivity contribution < 1.29 is 5.11 Å². The molecule has 0 spiro atoms. The molecule has 1 aromatic heterocycles.